The first kappa shape index (κ1) is 52.0. The highest BCUT2D eigenvalue weighted by atomic mass is 33.1. The zero-order valence-electron chi connectivity index (χ0n) is 38.0. The average molecular weight is 858 g/mol. The van der Waals surface area contributed by atoms with E-state index in [0.717, 1.165) is 61.4 Å². The Morgan fingerprint density at radius 2 is 1.56 bits per heavy atom. The minimum Gasteiger partial charge on any atom is -0.496 e. The van der Waals surface area contributed by atoms with Crippen LogP contribution in [0, 0.1) is 32.6 Å². The van der Waals surface area contributed by atoms with Crippen LogP contribution in [-0.4, -0.2) is 50.0 Å². The van der Waals surface area contributed by atoms with Crippen molar-refractivity contribution in [2.45, 2.75) is 170 Å². The summed E-state index contributed by atoms with van der Waals surface area (Å²) in [4.78, 5) is 34.2. The molecule has 0 saturated heterocycles. The number of esters is 1. The second-order valence-corrected chi connectivity index (χ2v) is 19.0. The van der Waals surface area contributed by atoms with Crippen LogP contribution in [-0.2, 0) is 27.3 Å². The van der Waals surface area contributed by atoms with E-state index in [0.29, 0.717) is 42.2 Å². The second kappa shape index (κ2) is 30.8. The topological polar surface area (TPSA) is 100 Å². The predicted molar refractivity (Wildman–Crippen MR) is 252 cm³/mol. The van der Waals surface area contributed by atoms with Gasteiger partial charge in [0, 0.05) is 20.0 Å². The van der Waals surface area contributed by atoms with E-state index >= 15 is 0 Å². The van der Waals surface area contributed by atoms with E-state index in [1.165, 1.54) is 122 Å². The molecular weight excluding hydrogens is 779 g/mol. The number of hydrogen-bond donors (Lipinski definition) is 1. The first-order valence-corrected chi connectivity index (χ1v) is 24.7. The number of amides is 1. The maximum Gasteiger partial charge on any atom is 0.322 e. The Bertz CT molecular complexity index is 1560. The Morgan fingerprint density at radius 1 is 0.864 bits per heavy atom. The zero-order valence-corrected chi connectivity index (χ0v) is 39.6. The number of hydrogen-bond acceptors (Lipinski definition) is 9. The molecule has 334 valence electrons. The monoisotopic (exact) mass is 858 g/mol. The van der Waals surface area contributed by atoms with Gasteiger partial charge in [-0.05, 0) is 112 Å². The lowest BCUT2D eigenvalue weighted by Gasteiger charge is -2.30. The Hall–Kier alpha value is -3.11. The lowest BCUT2D eigenvalue weighted by Crippen LogP contribution is -2.24. The van der Waals surface area contributed by atoms with Crippen LogP contribution < -0.4 is 24.3 Å². The summed E-state index contributed by atoms with van der Waals surface area (Å²) in [6.45, 7) is 15.8. The molecule has 10 heteroatoms. The van der Waals surface area contributed by atoms with Crippen molar-refractivity contribution >= 4 is 39.8 Å². The van der Waals surface area contributed by atoms with Gasteiger partial charge in [0.05, 0.1) is 26.1 Å². The van der Waals surface area contributed by atoms with E-state index in [-0.39, 0.29) is 13.1 Å². The molecule has 0 saturated carbocycles. The summed E-state index contributed by atoms with van der Waals surface area (Å²) < 4.78 is 22.7. The number of fused-ring (bicyclic) bond motifs is 1. The number of aldehydes is 1. The molecule has 0 aliphatic carbocycles. The van der Waals surface area contributed by atoms with Crippen molar-refractivity contribution in [1.29, 1.82) is 0 Å². The summed E-state index contributed by atoms with van der Waals surface area (Å²) in [5.41, 5.74) is 5.99. The molecular formula is C49H79NO7S2. The van der Waals surface area contributed by atoms with Gasteiger partial charge in [-0.2, -0.15) is 0 Å². The largest absolute Gasteiger partial charge is 0.496 e. The predicted octanol–water partition coefficient (Wildman–Crippen LogP) is 13.1. The van der Waals surface area contributed by atoms with Crippen molar-refractivity contribution in [3.63, 3.8) is 0 Å². The van der Waals surface area contributed by atoms with Crippen LogP contribution in [0.5, 0.6) is 23.0 Å². The van der Waals surface area contributed by atoms with Crippen molar-refractivity contribution in [3.05, 3.63) is 58.2 Å². The van der Waals surface area contributed by atoms with E-state index in [4.69, 9.17) is 18.9 Å². The molecule has 2 aromatic rings. The van der Waals surface area contributed by atoms with E-state index < -0.39 is 5.97 Å². The van der Waals surface area contributed by atoms with Crippen LogP contribution >= 0.6 is 21.6 Å². The van der Waals surface area contributed by atoms with Gasteiger partial charge in [0.2, 0.25) is 5.91 Å². The van der Waals surface area contributed by atoms with Crippen molar-refractivity contribution in [3.8, 4) is 23.0 Å². The highest BCUT2D eigenvalue weighted by molar-refractivity contribution is 8.77. The lowest BCUT2D eigenvalue weighted by molar-refractivity contribution is -0.131. The first-order valence-electron chi connectivity index (χ1n) is 22.2. The molecule has 0 fully saturated rings. The molecule has 3 rings (SSSR count). The van der Waals surface area contributed by atoms with Gasteiger partial charge < -0.3 is 29.1 Å². The molecule has 0 bridgehead atoms. The number of carbonyl (C=O) groups is 3. The molecule has 1 unspecified atom stereocenters. The Morgan fingerprint density at radius 3 is 2.20 bits per heavy atom. The minimum absolute atomic E-state index is 0. The molecule has 0 spiro atoms. The van der Waals surface area contributed by atoms with E-state index in [2.05, 4.69) is 65.9 Å². The maximum atomic E-state index is 12.0. The van der Waals surface area contributed by atoms with E-state index in [1.54, 1.807) is 25.3 Å². The fourth-order valence-corrected chi connectivity index (χ4v) is 8.63. The maximum absolute atomic E-state index is 12.0. The molecule has 1 heterocycles. The Balaban J connectivity index is 0.000000590. The summed E-state index contributed by atoms with van der Waals surface area (Å²) in [6.07, 6.45) is 26.4. The van der Waals surface area contributed by atoms with Crippen LogP contribution in [0.15, 0.2) is 30.4 Å². The number of unbranched alkanes of at least 4 members (excludes halogenated alkanes) is 10. The summed E-state index contributed by atoms with van der Waals surface area (Å²) in [7, 11) is 5.84. The van der Waals surface area contributed by atoms with E-state index in [9.17, 15) is 14.4 Å². The van der Waals surface area contributed by atoms with Gasteiger partial charge in [-0.3, -0.25) is 9.59 Å². The Kier molecular flexibility index (Phi) is 27.2. The number of benzene rings is 2. The van der Waals surface area contributed by atoms with Crippen LogP contribution in [0.1, 0.15) is 160 Å². The van der Waals surface area contributed by atoms with Crippen molar-refractivity contribution < 1.29 is 34.8 Å². The smallest absolute Gasteiger partial charge is 0.322 e. The standard InChI is InChI=1S/C27H46O2.C22H31NO5S2.H2/c1-20(2)16-14-12-10-8-7-9-11-13-15-17-24-18-19-25-23(5)26(28-6)21(3)22(4)27(25)29-24;1-17(2)8-6-4-5-7-9-21(25)23-15-18-10-11-19(20(14-18)27-3)28-22(26)16-30-29-13-12-24;/h20,24H,7-19H2,1-6H3;6,8,10-12,14,17H,4-5,7,9,13,15-16H2,1-3H3,(H,23,25);1H/b;8-6+;. The first-order chi connectivity index (χ1) is 28.4. The highest BCUT2D eigenvalue weighted by Gasteiger charge is 2.26. The van der Waals surface area contributed by atoms with Gasteiger partial charge in [-0.1, -0.05) is 125 Å². The summed E-state index contributed by atoms with van der Waals surface area (Å²) in [5, 5.41) is 2.90. The third-order valence-corrected chi connectivity index (χ3v) is 12.8. The normalized spacial score (nSPS) is 13.4. The zero-order chi connectivity index (χ0) is 43.4. The fraction of sp³-hybridized carbons (Fsp3) is 0.653. The molecule has 1 amide bonds. The van der Waals surface area contributed by atoms with Crippen LogP contribution in [0.2, 0.25) is 0 Å². The number of allylic oxidation sites excluding steroid dienone is 2. The van der Waals surface area contributed by atoms with Gasteiger partial charge in [0.15, 0.2) is 11.5 Å². The second-order valence-electron chi connectivity index (χ2n) is 16.5. The van der Waals surface area contributed by atoms with Crippen LogP contribution in [0.3, 0.4) is 0 Å². The van der Waals surface area contributed by atoms with Crippen molar-refractivity contribution in [1.82, 2.24) is 5.32 Å². The minimum atomic E-state index is -0.416. The molecule has 1 aliphatic rings. The number of ether oxygens (including phenoxy) is 4. The third-order valence-electron chi connectivity index (χ3n) is 10.7. The molecule has 1 aliphatic heterocycles. The van der Waals surface area contributed by atoms with Crippen LogP contribution in [0.4, 0.5) is 0 Å². The number of rotatable bonds is 28. The third kappa shape index (κ3) is 21.3. The molecule has 1 atom stereocenters. The van der Waals surface area contributed by atoms with Gasteiger partial charge >= 0.3 is 5.97 Å². The molecule has 1 N–H and O–H groups in total. The average Bonchev–Trinajstić information content (AvgIpc) is 3.21. The number of methoxy groups -OCH3 is 2. The Labute approximate surface area is 367 Å². The SMILES string of the molecule is COc1c(C)c(C)c2c(c1C)CCC(CCCCCCCCCCCC(C)C)O2.COc1cc(CNC(=O)CCCC/C=C/C(C)C)ccc1OC(=O)CSSCC=O.[HH]. The lowest BCUT2D eigenvalue weighted by atomic mass is 9.90. The van der Waals surface area contributed by atoms with Crippen molar-refractivity contribution in [2.75, 3.05) is 25.7 Å². The molecule has 0 radical (unpaired) electrons. The van der Waals surface area contributed by atoms with Gasteiger partial charge in [-0.25, -0.2) is 0 Å². The molecule has 0 aromatic heterocycles. The van der Waals surface area contributed by atoms with Crippen LogP contribution in [0.25, 0.3) is 0 Å². The number of nitrogens with one attached hydrogen (secondary N) is 1. The molecule has 2 aromatic carbocycles. The van der Waals surface area contributed by atoms with Gasteiger partial charge in [-0.15, -0.1) is 0 Å². The highest BCUT2D eigenvalue weighted by Crippen LogP contribution is 2.42. The molecule has 8 nitrogen and oxygen atoms in total. The van der Waals surface area contributed by atoms with Gasteiger partial charge in [0.25, 0.3) is 0 Å². The quantitative estimate of drug-likeness (QED) is 0.0224. The van der Waals surface area contributed by atoms with Crippen molar-refractivity contribution in [2.24, 2.45) is 11.8 Å². The van der Waals surface area contributed by atoms with Gasteiger partial charge in [0.1, 0.15) is 23.5 Å². The summed E-state index contributed by atoms with van der Waals surface area (Å²) in [6, 6.07) is 5.19. The van der Waals surface area contributed by atoms with E-state index in [1.807, 2.05) is 0 Å². The number of carbonyl (C=O) groups excluding carboxylic acids is 3. The fourth-order valence-electron chi connectivity index (χ4n) is 7.25. The summed E-state index contributed by atoms with van der Waals surface area (Å²) >= 11 is 0. The molecule has 59 heavy (non-hydrogen) atoms. The summed E-state index contributed by atoms with van der Waals surface area (Å²) in [5.74, 6) is 4.44.